The average Bonchev–Trinajstić information content (AvgIpc) is 2.52. The Balaban J connectivity index is 1.79. The number of hydrogen-bond donors (Lipinski definition) is 2. The maximum Gasteiger partial charge on any atom is 0.254 e. The lowest BCUT2D eigenvalue weighted by molar-refractivity contribution is 0.0925. The lowest BCUT2D eigenvalue weighted by Gasteiger charge is -2.08. The number of carbonyl (C=O) groups is 2. The molecule has 0 atom stereocenters. The maximum atomic E-state index is 13.4. The highest BCUT2D eigenvalue weighted by Crippen LogP contribution is 2.08. The van der Waals surface area contributed by atoms with Gasteiger partial charge in [-0.25, -0.2) is 8.78 Å². The second kappa shape index (κ2) is 7.31. The fourth-order valence-electron chi connectivity index (χ4n) is 1.81. The van der Waals surface area contributed by atoms with E-state index in [1.165, 1.54) is 0 Å². The van der Waals surface area contributed by atoms with Crippen molar-refractivity contribution < 1.29 is 18.4 Å². The van der Waals surface area contributed by atoms with Crippen LogP contribution in [0, 0.1) is 11.6 Å². The molecule has 2 aromatic carbocycles. The van der Waals surface area contributed by atoms with E-state index in [2.05, 4.69) is 10.6 Å². The van der Waals surface area contributed by atoms with E-state index in [0.717, 1.165) is 12.1 Å². The molecule has 0 heterocycles. The summed E-state index contributed by atoms with van der Waals surface area (Å²) in [7, 11) is 0. The molecule has 2 aromatic rings. The summed E-state index contributed by atoms with van der Waals surface area (Å²) in [5, 5.41) is 5.07. The Hall–Kier alpha value is -2.76. The fourth-order valence-corrected chi connectivity index (χ4v) is 1.81. The average molecular weight is 304 g/mol. The van der Waals surface area contributed by atoms with Gasteiger partial charge in [0.2, 0.25) is 0 Å². The zero-order chi connectivity index (χ0) is 15.9. The predicted molar refractivity (Wildman–Crippen MR) is 77.5 cm³/mol. The highest BCUT2D eigenvalue weighted by atomic mass is 19.1. The van der Waals surface area contributed by atoms with E-state index in [1.54, 1.807) is 30.3 Å². The van der Waals surface area contributed by atoms with Gasteiger partial charge in [0.05, 0.1) is 5.56 Å². The molecule has 2 rings (SSSR count). The van der Waals surface area contributed by atoms with Crippen LogP contribution in [0.4, 0.5) is 8.78 Å². The van der Waals surface area contributed by atoms with Crippen LogP contribution in [0.1, 0.15) is 20.7 Å². The number of halogens is 2. The summed E-state index contributed by atoms with van der Waals surface area (Å²) in [6.07, 6.45) is 0. The van der Waals surface area contributed by atoms with Gasteiger partial charge in [-0.2, -0.15) is 0 Å². The lowest BCUT2D eigenvalue weighted by atomic mass is 10.2. The van der Waals surface area contributed by atoms with Crippen LogP contribution in [0.15, 0.2) is 48.5 Å². The largest absolute Gasteiger partial charge is 0.350 e. The Labute approximate surface area is 126 Å². The van der Waals surface area contributed by atoms with E-state index in [1.807, 2.05) is 0 Å². The molecule has 0 fully saturated rings. The molecule has 6 heteroatoms. The third kappa shape index (κ3) is 4.12. The van der Waals surface area contributed by atoms with Crippen molar-refractivity contribution in [2.75, 3.05) is 13.1 Å². The molecule has 0 aliphatic heterocycles. The first-order valence-corrected chi connectivity index (χ1v) is 6.64. The summed E-state index contributed by atoms with van der Waals surface area (Å²) in [6.45, 7) is 0.330. The Morgan fingerprint density at radius 3 is 2.14 bits per heavy atom. The van der Waals surface area contributed by atoms with Crippen LogP contribution in [0.25, 0.3) is 0 Å². The van der Waals surface area contributed by atoms with Gasteiger partial charge in [0, 0.05) is 24.7 Å². The highest BCUT2D eigenvalue weighted by Gasteiger charge is 2.12. The number of benzene rings is 2. The van der Waals surface area contributed by atoms with E-state index in [4.69, 9.17) is 0 Å². The summed E-state index contributed by atoms with van der Waals surface area (Å²) in [5.41, 5.74) is 0.272. The molecule has 114 valence electrons. The monoisotopic (exact) mass is 304 g/mol. The molecule has 0 bridgehead atoms. The molecule has 0 saturated heterocycles. The summed E-state index contributed by atoms with van der Waals surface area (Å²) in [5.74, 6) is -2.59. The zero-order valence-corrected chi connectivity index (χ0v) is 11.6. The minimum Gasteiger partial charge on any atom is -0.350 e. The van der Waals surface area contributed by atoms with Crippen LogP contribution in [0.3, 0.4) is 0 Å². The topological polar surface area (TPSA) is 58.2 Å². The third-order valence-corrected chi connectivity index (χ3v) is 2.91. The Kier molecular flexibility index (Phi) is 5.19. The summed E-state index contributed by atoms with van der Waals surface area (Å²) >= 11 is 0. The number of carbonyl (C=O) groups excluding carboxylic acids is 2. The fraction of sp³-hybridized carbons (Fsp3) is 0.125. The molecule has 0 aliphatic rings. The summed E-state index contributed by atoms with van der Waals surface area (Å²) in [6, 6.07) is 11.4. The van der Waals surface area contributed by atoms with Gasteiger partial charge < -0.3 is 10.6 Å². The van der Waals surface area contributed by atoms with Crippen molar-refractivity contribution in [2.45, 2.75) is 0 Å². The smallest absolute Gasteiger partial charge is 0.254 e. The minimum atomic E-state index is -0.925. The molecule has 4 nitrogen and oxygen atoms in total. The van der Waals surface area contributed by atoms with Crippen LogP contribution in [0.5, 0.6) is 0 Å². The Morgan fingerprint density at radius 2 is 1.50 bits per heavy atom. The van der Waals surface area contributed by atoms with Crippen molar-refractivity contribution in [3.05, 3.63) is 71.3 Å². The van der Waals surface area contributed by atoms with Gasteiger partial charge in [-0.15, -0.1) is 0 Å². The number of nitrogens with one attached hydrogen (secondary N) is 2. The quantitative estimate of drug-likeness (QED) is 0.831. The molecular weight excluding hydrogens is 290 g/mol. The van der Waals surface area contributed by atoms with Crippen molar-refractivity contribution in [3.8, 4) is 0 Å². The first-order valence-electron chi connectivity index (χ1n) is 6.64. The van der Waals surface area contributed by atoms with Crippen molar-refractivity contribution in [1.82, 2.24) is 10.6 Å². The Morgan fingerprint density at radius 1 is 0.864 bits per heavy atom. The van der Waals surface area contributed by atoms with Gasteiger partial charge in [-0.05, 0) is 24.3 Å². The molecule has 2 amide bonds. The van der Waals surface area contributed by atoms with Crippen molar-refractivity contribution in [3.63, 3.8) is 0 Å². The lowest BCUT2D eigenvalue weighted by Crippen LogP contribution is -2.35. The van der Waals surface area contributed by atoms with Gasteiger partial charge in [0.15, 0.2) is 0 Å². The Bertz CT molecular complexity index is 675. The van der Waals surface area contributed by atoms with Crippen molar-refractivity contribution in [1.29, 1.82) is 0 Å². The SMILES string of the molecule is O=C(NCCNC(=O)c1ccc(F)cc1F)c1ccccc1. The van der Waals surface area contributed by atoms with E-state index >= 15 is 0 Å². The van der Waals surface area contributed by atoms with Crippen LogP contribution in [0.2, 0.25) is 0 Å². The van der Waals surface area contributed by atoms with E-state index in [9.17, 15) is 18.4 Å². The molecule has 0 radical (unpaired) electrons. The maximum absolute atomic E-state index is 13.4. The van der Waals surface area contributed by atoms with Crippen molar-refractivity contribution in [2.24, 2.45) is 0 Å². The van der Waals surface area contributed by atoms with Gasteiger partial charge in [0.25, 0.3) is 11.8 Å². The second-order valence-corrected chi connectivity index (χ2v) is 4.50. The molecule has 0 spiro atoms. The van der Waals surface area contributed by atoms with Crippen LogP contribution in [-0.2, 0) is 0 Å². The number of rotatable bonds is 5. The summed E-state index contributed by atoms with van der Waals surface area (Å²) < 4.78 is 26.1. The van der Waals surface area contributed by atoms with E-state index < -0.39 is 17.5 Å². The van der Waals surface area contributed by atoms with Gasteiger partial charge in [0.1, 0.15) is 11.6 Å². The molecule has 0 aliphatic carbocycles. The molecule has 0 saturated carbocycles. The first-order chi connectivity index (χ1) is 10.6. The third-order valence-electron chi connectivity index (χ3n) is 2.91. The standard InChI is InChI=1S/C16H14F2N2O2/c17-12-6-7-13(14(18)10-12)16(22)20-9-8-19-15(21)11-4-2-1-3-5-11/h1-7,10H,8-9H2,(H,19,21)(H,20,22). The number of amides is 2. The molecule has 22 heavy (non-hydrogen) atoms. The van der Waals surface area contributed by atoms with Crippen molar-refractivity contribution >= 4 is 11.8 Å². The highest BCUT2D eigenvalue weighted by molar-refractivity contribution is 5.95. The van der Waals surface area contributed by atoms with Gasteiger partial charge in [-0.3, -0.25) is 9.59 Å². The van der Waals surface area contributed by atoms with E-state index in [-0.39, 0.29) is 24.6 Å². The van der Waals surface area contributed by atoms with Crippen LogP contribution in [-0.4, -0.2) is 24.9 Å². The van der Waals surface area contributed by atoms with Crippen LogP contribution >= 0.6 is 0 Å². The first kappa shape index (κ1) is 15.6. The second-order valence-electron chi connectivity index (χ2n) is 4.50. The van der Waals surface area contributed by atoms with Gasteiger partial charge in [-0.1, -0.05) is 18.2 Å². The molecule has 2 N–H and O–H groups in total. The zero-order valence-electron chi connectivity index (χ0n) is 11.6. The van der Waals surface area contributed by atoms with E-state index in [0.29, 0.717) is 11.6 Å². The van der Waals surface area contributed by atoms with Crippen LogP contribution < -0.4 is 10.6 Å². The normalized spacial score (nSPS) is 10.1. The van der Waals surface area contributed by atoms with Gasteiger partial charge >= 0.3 is 0 Å². The molecular formula is C16H14F2N2O2. The minimum absolute atomic E-state index is 0.133. The molecule has 0 aromatic heterocycles. The molecule has 0 unspecified atom stereocenters. The number of hydrogen-bond acceptors (Lipinski definition) is 2. The summed E-state index contributed by atoms with van der Waals surface area (Å²) in [4.78, 5) is 23.4. The predicted octanol–water partition coefficient (Wildman–Crippen LogP) is 2.12.